The van der Waals surface area contributed by atoms with Crippen LogP contribution in [0.2, 0.25) is 5.02 Å². The molecule has 1 amide bonds. The number of hydrogen-bond donors (Lipinski definition) is 1. The summed E-state index contributed by atoms with van der Waals surface area (Å²) in [4.78, 5) is 17.3. The van der Waals surface area contributed by atoms with Gasteiger partial charge in [-0.1, -0.05) is 29.8 Å². The van der Waals surface area contributed by atoms with Gasteiger partial charge in [0.05, 0.1) is 29.5 Å². The third kappa shape index (κ3) is 3.54. The molecule has 0 saturated carbocycles. The Morgan fingerprint density at radius 2 is 2.00 bits per heavy atom. The Labute approximate surface area is 187 Å². The summed E-state index contributed by atoms with van der Waals surface area (Å²) in [5.41, 5.74) is 2.48. The Kier molecular flexibility index (Phi) is 4.99. The van der Waals surface area contributed by atoms with E-state index in [4.69, 9.17) is 21.0 Å². The molecule has 160 valence electrons. The van der Waals surface area contributed by atoms with Gasteiger partial charge in [0.25, 0.3) is 5.91 Å². The number of nitrogens with zero attached hydrogens (tertiary/aromatic N) is 4. The van der Waals surface area contributed by atoms with Gasteiger partial charge >= 0.3 is 0 Å². The van der Waals surface area contributed by atoms with E-state index < -0.39 is 11.7 Å². The van der Waals surface area contributed by atoms with Gasteiger partial charge in [-0.25, -0.2) is 9.37 Å². The van der Waals surface area contributed by atoms with Crippen molar-refractivity contribution in [1.29, 1.82) is 0 Å². The van der Waals surface area contributed by atoms with Gasteiger partial charge in [-0.2, -0.15) is 9.78 Å². The maximum absolute atomic E-state index is 14.6. The van der Waals surface area contributed by atoms with E-state index in [1.807, 2.05) is 28.8 Å². The average molecular weight is 450 g/mol. The van der Waals surface area contributed by atoms with Crippen molar-refractivity contribution in [1.82, 2.24) is 19.3 Å². The molecule has 0 spiro atoms. The van der Waals surface area contributed by atoms with Crippen LogP contribution in [-0.2, 0) is 6.54 Å². The van der Waals surface area contributed by atoms with Crippen LogP contribution in [0.4, 0.5) is 10.2 Å². The van der Waals surface area contributed by atoms with Gasteiger partial charge < -0.3 is 14.3 Å². The zero-order valence-electron chi connectivity index (χ0n) is 16.9. The number of carbonyl (C=O) groups excluding carboxylic acids is 1. The molecule has 0 radical (unpaired) electrons. The summed E-state index contributed by atoms with van der Waals surface area (Å²) in [6.45, 7) is 1.94. The Morgan fingerprint density at radius 1 is 1.16 bits per heavy atom. The second-order valence-electron chi connectivity index (χ2n) is 7.20. The van der Waals surface area contributed by atoms with Gasteiger partial charge in [-0.05, 0) is 43.3 Å². The highest BCUT2D eigenvalue weighted by Gasteiger charge is 2.21. The zero-order valence-corrected chi connectivity index (χ0v) is 17.7. The molecule has 0 fully saturated rings. The Balaban J connectivity index is 1.64. The molecule has 5 aromatic rings. The van der Waals surface area contributed by atoms with Crippen molar-refractivity contribution in [3.05, 3.63) is 94.8 Å². The smallest absolute Gasteiger partial charge is 0.292 e. The van der Waals surface area contributed by atoms with E-state index in [-0.39, 0.29) is 12.3 Å². The van der Waals surface area contributed by atoms with Crippen molar-refractivity contribution >= 4 is 34.4 Å². The SMILES string of the molecule is Cc1cc(NC(=O)c2ccco2)n(-c2nc3ccccc3n2Cc2c(F)cccc2Cl)n1. The van der Waals surface area contributed by atoms with Crippen molar-refractivity contribution in [3.63, 3.8) is 0 Å². The largest absolute Gasteiger partial charge is 0.459 e. The summed E-state index contributed by atoms with van der Waals surface area (Å²) in [5.74, 6) is 0.149. The number of anilines is 1. The van der Waals surface area contributed by atoms with E-state index in [1.165, 1.54) is 17.0 Å². The standard InChI is InChI=1S/C23H17ClFN5O2/c1-14-12-21(27-22(31)20-10-5-11-32-20)30(28-14)23-26-18-8-2-3-9-19(18)29(23)13-15-16(24)6-4-7-17(15)25/h2-12H,13H2,1H3,(H,27,31). The summed E-state index contributed by atoms with van der Waals surface area (Å²) in [7, 11) is 0. The van der Waals surface area contributed by atoms with Gasteiger partial charge in [-0.15, -0.1) is 0 Å². The van der Waals surface area contributed by atoms with E-state index in [0.717, 1.165) is 5.52 Å². The third-order valence-corrected chi connectivity index (χ3v) is 5.37. The van der Waals surface area contributed by atoms with E-state index in [9.17, 15) is 9.18 Å². The molecule has 3 aromatic heterocycles. The van der Waals surface area contributed by atoms with Gasteiger partial charge in [0, 0.05) is 16.7 Å². The van der Waals surface area contributed by atoms with Crippen LogP contribution >= 0.6 is 11.6 Å². The highest BCUT2D eigenvalue weighted by molar-refractivity contribution is 6.31. The number of halogens is 2. The minimum absolute atomic E-state index is 0.131. The monoisotopic (exact) mass is 449 g/mol. The number of aryl methyl sites for hydroxylation is 1. The van der Waals surface area contributed by atoms with Gasteiger partial charge in [-0.3, -0.25) is 4.79 Å². The molecule has 0 aliphatic carbocycles. The molecule has 0 bridgehead atoms. The van der Waals surface area contributed by atoms with Crippen LogP contribution in [0.3, 0.4) is 0 Å². The highest BCUT2D eigenvalue weighted by Crippen LogP contribution is 2.27. The lowest BCUT2D eigenvalue weighted by Gasteiger charge is -2.13. The van der Waals surface area contributed by atoms with Crippen molar-refractivity contribution in [3.8, 4) is 5.95 Å². The fourth-order valence-electron chi connectivity index (χ4n) is 3.55. The second-order valence-corrected chi connectivity index (χ2v) is 7.61. The third-order valence-electron chi connectivity index (χ3n) is 5.02. The van der Waals surface area contributed by atoms with Gasteiger partial charge in [0.2, 0.25) is 5.95 Å². The van der Waals surface area contributed by atoms with E-state index in [1.54, 1.807) is 37.3 Å². The number of carbonyl (C=O) groups is 1. The summed E-state index contributed by atoms with van der Waals surface area (Å²) in [6, 6.07) is 17.0. The minimum Gasteiger partial charge on any atom is -0.459 e. The Bertz CT molecular complexity index is 1420. The molecular weight excluding hydrogens is 433 g/mol. The van der Waals surface area contributed by atoms with Gasteiger partial charge in [0.15, 0.2) is 5.76 Å². The summed E-state index contributed by atoms with van der Waals surface area (Å²) in [6.07, 6.45) is 1.43. The van der Waals surface area contributed by atoms with Crippen LogP contribution in [0.1, 0.15) is 21.8 Å². The molecule has 9 heteroatoms. The molecule has 2 aromatic carbocycles. The Hall–Kier alpha value is -3.91. The first kappa shape index (κ1) is 20.0. The lowest BCUT2D eigenvalue weighted by molar-refractivity contribution is 0.0996. The van der Waals surface area contributed by atoms with Crippen LogP contribution in [0.25, 0.3) is 17.0 Å². The fraction of sp³-hybridized carbons (Fsp3) is 0.0870. The quantitative estimate of drug-likeness (QED) is 0.399. The van der Waals surface area contributed by atoms with Crippen LogP contribution in [-0.4, -0.2) is 25.2 Å². The molecule has 0 saturated heterocycles. The molecule has 7 nitrogen and oxygen atoms in total. The molecule has 32 heavy (non-hydrogen) atoms. The van der Waals surface area contributed by atoms with Crippen LogP contribution in [0.5, 0.6) is 0 Å². The molecule has 0 aliphatic rings. The predicted molar refractivity (Wildman–Crippen MR) is 119 cm³/mol. The first-order chi connectivity index (χ1) is 15.5. The maximum Gasteiger partial charge on any atom is 0.292 e. The van der Waals surface area contributed by atoms with Crippen molar-refractivity contribution in [2.75, 3.05) is 5.32 Å². The average Bonchev–Trinajstić information content (AvgIpc) is 3.50. The molecule has 0 unspecified atom stereocenters. The van der Waals surface area contributed by atoms with Crippen LogP contribution in [0.15, 0.2) is 71.3 Å². The lowest BCUT2D eigenvalue weighted by atomic mass is 10.2. The fourth-order valence-corrected chi connectivity index (χ4v) is 3.77. The second kappa shape index (κ2) is 7.97. The van der Waals surface area contributed by atoms with E-state index >= 15 is 0 Å². The number of fused-ring (bicyclic) bond motifs is 1. The Morgan fingerprint density at radius 3 is 2.78 bits per heavy atom. The number of hydrogen-bond acceptors (Lipinski definition) is 4. The number of nitrogens with one attached hydrogen (secondary N) is 1. The molecular formula is C23H17ClFN5O2. The predicted octanol–water partition coefficient (Wildman–Crippen LogP) is 5.22. The maximum atomic E-state index is 14.6. The zero-order chi connectivity index (χ0) is 22.2. The molecule has 3 heterocycles. The summed E-state index contributed by atoms with van der Waals surface area (Å²) < 4.78 is 23.1. The molecule has 0 aliphatic heterocycles. The van der Waals surface area contributed by atoms with E-state index in [0.29, 0.717) is 33.6 Å². The number of imidazole rings is 1. The number of furan rings is 1. The summed E-state index contributed by atoms with van der Waals surface area (Å²) >= 11 is 6.29. The molecule has 1 N–H and O–H groups in total. The lowest BCUT2D eigenvalue weighted by Crippen LogP contribution is -2.17. The first-order valence-electron chi connectivity index (χ1n) is 9.81. The number of aromatic nitrogens is 4. The number of benzene rings is 2. The first-order valence-corrected chi connectivity index (χ1v) is 10.2. The minimum atomic E-state index is -0.420. The van der Waals surface area contributed by atoms with Gasteiger partial charge in [0.1, 0.15) is 11.6 Å². The van der Waals surface area contributed by atoms with Crippen molar-refractivity contribution in [2.45, 2.75) is 13.5 Å². The summed E-state index contributed by atoms with van der Waals surface area (Å²) in [5, 5.41) is 7.64. The number of para-hydroxylation sites is 2. The topological polar surface area (TPSA) is 77.9 Å². The number of rotatable bonds is 5. The molecule has 0 atom stereocenters. The normalized spacial score (nSPS) is 11.2. The highest BCUT2D eigenvalue weighted by atomic mass is 35.5. The molecule has 5 rings (SSSR count). The van der Waals surface area contributed by atoms with Crippen molar-refractivity contribution in [2.24, 2.45) is 0 Å². The number of amides is 1. The van der Waals surface area contributed by atoms with E-state index in [2.05, 4.69) is 10.4 Å². The van der Waals surface area contributed by atoms with Crippen LogP contribution < -0.4 is 5.32 Å². The van der Waals surface area contributed by atoms with Crippen molar-refractivity contribution < 1.29 is 13.6 Å². The van der Waals surface area contributed by atoms with Crippen LogP contribution in [0, 0.1) is 12.7 Å².